The smallest absolute Gasteiger partial charge is 0.127 e. The number of anilines is 2. The molecule has 0 spiro atoms. The van der Waals surface area contributed by atoms with Crippen molar-refractivity contribution < 1.29 is 0 Å². The lowest BCUT2D eigenvalue weighted by Crippen LogP contribution is -2.02. The predicted octanol–water partition coefficient (Wildman–Crippen LogP) is 2.72. The molecule has 3 aromatic rings. The van der Waals surface area contributed by atoms with E-state index in [2.05, 4.69) is 20.9 Å². The highest BCUT2D eigenvalue weighted by Gasteiger charge is 2.13. The van der Waals surface area contributed by atoms with Crippen molar-refractivity contribution >= 4 is 28.6 Å². The van der Waals surface area contributed by atoms with Gasteiger partial charge in [0.15, 0.2) is 0 Å². The van der Waals surface area contributed by atoms with E-state index in [-0.39, 0.29) is 0 Å². The molecule has 2 heterocycles. The van der Waals surface area contributed by atoms with Gasteiger partial charge in [0.05, 0.1) is 23.1 Å². The molecule has 0 saturated carbocycles. The summed E-state index contributed by atoms with van der Waals surface area (Å²) in [5, 5.41) is 14.9. The molecule has 1 aromatic heterocycles. The fraction of sp³-hybridized carbons (Fsp3) is 0. The van der Waals surface area contributed by atoms with Crippen LogP contribution in [0.5, 0.6) is 0 Å². The van der Waals surface area contributed by atoms with Crippen molar-refractivity contribution in [3.8, 4) is 0 Å². The summed E-state index contributed by atoms with van der Waals surface area (Å²) in [7, 11) is 0. The lowest BCUT2D eigenvalue weighted by molar-refractivity contribution is 0.858. The van der Waals surface area contributed by atoms with E-state index in [1.54, 1.807) is 4.68 Å². The average molecular weight is 249 g/mol. The minimum Gasteiger partial charge on any atom is -0.339 e. The molecule has 0 bridgehead atoms. The molecule has 1 aliphatic heterocycles. The molecule has 0 aliphatic carbocycles. The highest BCUT2D eigenvalue weighted by atomic mass is 15.4. The first-order chi connectivity index (χ1) is 9.40. The van der Waals surface area contributed by atoms with Gasteiger partial charge in [0.1, 0.15) is 11.3 Å². The zero-order chi connectivity index (χ0) is 12.7. The molecular weight excluding hydrogens is 238 g/mol. The van der Waals surface area contributed by atoms with E-state index in [9.17, 15) is 0 Å². The van der Waals surface area contributed by atoms with Gasteiger partial charge in [-0.25, -0.2) is 4.68 Å². The summed E-state index contributed by atoms with van der Waals surface area (Å²) in [6, 6.07) is 15.9. The maximum Gasteiger partial charge on any atom is 0.127 e. The molecule has 0 saturated heterocycles. The van der Waals surface area contributed by atoms with Crippen molar-refractivity contribution in [2.45, 2.75) is 0 Å². The van der Waals surface area contributed by atoms with Gasteiger partial charge in [-0.1, -0.05) is 29.5 Å². The third-order valence-electron chi connectivity index (χ3n) is 3.09. The fourth-order valence-electron chi connectivity index (χ4n) is 2.19. The van der Waals surface area contributed by atoms with Crippen LogP contribution < -0.4 is 10.6 Å². The molecule has 5 nitrogen and oxygen atoms in total. The Morgan fingerprint density at radius 2 is 1.58 bits per heavy atom. The number of aromatic nitrogens is 3. The fourth-order valence-corrected chi connectivity index (χ4v) is 2.19. The standard InChI is InChI=1S/C14H11N5/c1-2-6-11-10(5-1)15-14(16-11)9-19-13-8-4-3-7-12(13)17-18-19/h1-9,15-16H. The van der Waals surface area contributed by atoms with Gasteiger partial charge in [-0.15, -0.1) is 5.10 Å². The van der Waals surface area contributed by atoms with E-state index in [1.807, 2.05) is 54.7 Å². The number of rotatable bonds is 1. The van der Waals surface area contributed by atoms with Gasteiger partial charge in [-0.3, -0.25) is 0 Å². The first-order valence-corrected chi connectivity index (χ1v) is 6.05. The molecule has 2 N–H and O–H groups in total. The Morgan fingerprint density at radius 3 is 2.37 bits per heavy atom. The molecule has 0 atom stereocenters. The molecular formula is C14H11N5. The van der Waals surface area contributed by atoms with Crippen LogP contribution in [0.4, 0.5) is 11.4 Å². The van der Waals surface area contributed by atoms with Gasteiger partial charge >= 0.3 is 0 Å². The monoisotopic (exact) mass is 249 g/mol. The Balaban J connectivity index is 1.74. The summed E-state index contributed by atoms with van der Waals surface area (Å²) in [6.07, 6.45) is 1.90. The molecule has 0 radical (unpaired) electrons. The Morgan fingerprint density at radius 1 is 0.895 bits per heavy atom. The number of nitrogens with zero attached hydrogens (tertiary/aromatic N) is 3. The lowest BCUT2D eigenvalue weighted by Gasteiger charge is -2.00. The molecule has 0 unspecified atom stereocenters. The topological polar surface area (TPSA) is 54.8 Å². The Hall–Kier alpha value is -2.82. The Bertz CT molecular complexity index is 760. The van der Waals surface area contributed by atoms with E-state index in [4.69, 9.17) is 0 Å². The molecule has 2 aromatic carbocycles. The van der Waals surface area contributed by atoms with Gasteiger partial charge in [0.2, 0.25) is 0 Å². The number of para-hydroxylation sites is 3. The Kier molecular flexibility index (Phi) is 2.05. The zero-order valence-corrected chi connectivity index (χ0v) is 10.0. The summed E-state index contributed by atoms with van der Waals surface area (Å²) in [6.45, 7) is 0. The molecule has 4 rings (SSSR count). The molecule has 92 valence electrons. The highest BCUT2D eigenvalue weighted by Crippen LogP contribution is 2.29. The Labute approximate surface area is 109 Å². The van der Waals surface area contributed by atoms with Crippen LogP contribution in [-0.4, -0.2) is 15.0 Å². The molecule has 5 heteroatoms. The number of hydrogen-bond donors (Lipinski definition) is 2. The van der Waals surface area contributed by atoms with Crippen LogP contribution in [0, 0.1) is 0 Å². The minimum atomic E-state index is 0.884. The third kappa shape index (κ3) is 1.63. The maximum atomic E-state index is 4.13. The summed E-state index contributed by atoms with van der Waals surface area (Å²) in [4.78, 5) is 0. The number of nitrogens with one attached hydrogen (secondary N) is 2. The van der Waals surface area contributed by atoms with Crippen LogP contribution >= 0.6 is 0 Å². The van der Waals surface area contributed by atoms with Crippen molar-refractivity contribution in [2.75, 3.05) is 10.6 Å². The average Bonchev–Trinajstić information content (AvgIpc) is 3.03. The van der Waals surface area contributed by atoms with Crippen LogP contribution in [-0.2, 0) is 0 Å². The van der Waals surface area contributed by atoms with E-state index in [0.29, 0.717) is 0 Å². The molecule has 0 amide bonds. The summed E-state index contributed by atoms with van der Waals surface area (Å²) < 4.78 is 1.76. The van der Waals surface area contributed by atoms with Gasteiger partial charge in [-0.05, 0) is 24.3 Å². The van der Waals surface area contributed by atoms with Crippen LogP contribution in [0.2, 0.25) is 0 Å². The summed E-state index contributed by atoms with van der Waals surface area (Å²) in [5.41, 5.74) is 4.00. The van der Waals surface area contributed by atoms with E-state index in [1.165, 1.54) is 0 Å². The van der Waals surface area contributed by atoms with E-state index >= 15 is 0 Å². The van der Waals surface area contributed by atoms with Crippen molar-refractivity contribution in [1.29, 1.82) is 0 Å². The quantitative estimate of drug-likeness (QED) is 0.696. The lowest BCUT2D eigenvalue weighted by atomic mass is 10.3. The zero-order valence-electron chi connectivity index (χ0n) is 10.0. The van der Waals surface area contributed by atoms with Gasteiger partial charge < -0.3 is 10.6 Å². The second-order valence-corrected chi connectivity index (χ2v) is 4.36. The van der Waals surface area contributed by atoms with Crippen molar-refractivity contribution in [2.24, 2.45) is 0 Å². The van der Waals surface area contributed by atoms with Crippen molar-refractivity contribution in [3.63, 3.8) is 0 Å². The second kappa shape index (κ2) is 3.84. The van der Waals surface area contributed by atoms with Crippen LogP contribution in [0.25, 0.3) is 17.2 Å². The first kappa shape index (κ1) is 10.1. The van der Waals surface area contributed by atoms with Crippen LogP contribution in [0.3, 0.4) is 0 Å². The van der Waals surface area contributed by atoms with E-state index in [0.717, 1.165) is 28.2 Å². The number of hydrogen-bond acceptors (Lipinski definition) is 4. The van der Waals surface area contributed by atoms with Crippen molar-refractivity contribution in [1.82, 2.24) is 15.0 Å². The molecule has 0 fully saturated rings. The van der Waals surface area contributed by atoms with Crippen molar-refractivity contribution in [3.05, 3.63) is 54.4 Å². The molecule has 1 aliphatic rings. The number of fused-ring (bicyclic) bond motifs is 2. The maximum absolute atomic E-state index is 4.13. The minimum absolute atomic E-state index is 0.884. The third-order valence-corrected chi connectivity index (χ3v) is 3.09. The number of benzene rings is 2. The summed E-state index contributed by atoms with van der Waals surface area (Å²) in [5.74, 6) is 0.886. The molecule has 19 heavy (non-hydrogen) atoms. The first-order valence-electron chi connectivity index (χ1n) is 6.05. The highest BCUT2D eigenvalue weighted by molar-refractivity contribution is 5.82. The van der Waals surface area contributed by atoms with Gasteiger partial charge in [-0.2, -0.15) is 0 Å². The van der Waals surface area contributed by atoms with Crippen LogP contribution in [0.15, 0.2) is 54.4 Å². The van der Waals surface area contributed by atoms with E-state index < -0.39 is 0 Å². The predicted molar refractivity (Wildman–Crippen MR) is 75.5 cm³/mol. The van der Waals surface area contributed by atoms with Gasteiger partial charge in [0.25, 0.3) is 0 Å². The summed E-state index contributed by atoms with van der Waals surface area (Å²) >= 11 is 0. The second-order valence-electron chi connectivity index (χ2n) is 4.36. The van der Waals surface area contributed by atoms with Crippen LogP contribution in [0.1, 0.15) is 0 Å². The normalized spacial score (nSPS) is 12.9. The van der Waals surface area contributed by atoms with Gasteiger partial charge in [0, 0.05) is 0 Å². The largest absolute Gasteiger partial charge is 0.339 e. The SMILES string of the molecule is C(=C1Nc2ccccc2N1)n1nnc2ccccc21.